The predicted molar refractivity (Wildman–Crippen MR) is 128 cm³/mol. The van der Waals surface area contributed by atoms with Crippen LogP contribution in [0.1, 0.15) is 32.3 Å². The number of carboxylic acids is 2. The minimum Gasteiger partial charge on any atom is -0.487 e. The molecule has 1 aliphatic heterocycles. The minimum absolute atomic E-state index is 0.157. The summed E-state index contributed by atoms with van der Waals surface area (Å²) in [7, 11) is 2.15. The summed E-state index contributed by atoms with van der Waals surface area (Å²) in [4.78, 5) is 28.5. The molecule has 1 aromatic heterocycles. The van der Waals surface area contributed by atoms with E-state index in [-0.39, 0.29) is 6.10 Å². The monoisotopic (exact) mass is 455 g/mol. The molecule has 8 heteroatoms. The second-order valence-corrected chi connectivity index (χ2v) is 8.11. The van der Waals surface area contributed by atoms with Crippen LogP contribution < -0.4 is 9.64 Å². The molecule has 33 heavy (non-hydrogen) atoms. The Hall–Kier alpha value is -3.39. The van der Waals surface area contributed by atoms with Gasteiger partial charge in [0.05, 0.1) is 6.10 Å². The van der Waals surface area contributed by atoms with Gasteiger partial charge in [-0.05, 0) is 44.4 Å². The van der Waals surface area contributed by atoms with Crippen LogP contribution in [0.25, 0.3) is 0 Å². The van der Waals surface area contributed by atoms with Crippen molar-refractivity contribution in [3.8, 4) is 5.75 Å². The number of ether oxygens (including phenoxy) is 1. The van der Waals surface area contributed by atoms with E-state index in [1.165, 1.54) is 5.56 Å². The SMILES string of the molecule is CC(C)Oc1cccnc1N(C)C1CCN(Cc2ccccc2)CC1.O=C(O)C=CC(=O)O. The molecule has 1 fully saturated rings. The van der Waals surface area contributed by atoms with Crippen LogP contribution >= 0.6 is 0 Å². The first kappa shape index (κ1) is 25.9. The number of carboxylic acid groups (broad SMARTS) is 2. The summed E-state index contributed by atoms with van der Waals surface area (Å²) in [6, 6.07) is 15.2. The summed E-state index contributed by atoms with van der Waals surface area (Å²) in [5, 5.41) is 15.6. The molecule has 0 spiro atoms. The number of aromatic nitrogens is 1. The Morgan fingerprint density at radius 2 is 1.70 bits per heavy atom. The topological polar surface area (TPSA) is 103 Å². The molecule has 2 heterocycles. The van der Waals surface area contributed by atoms with Crippen LogP contribution in [-0.4, -0.2) is 64.3 Å². The molecule has 0 amide bonds. The van der Waals surface area contributed by atoms with E-state index in [4.69, 9.17) is 14.9 Å². The molecule has 178 valence electrons. The molecule has 0 radical (unpaired) electrons. The van der Waals surface area contributed by atoms with E-state index < -0.39 is 11.9 Å². The molecule has 0 saturated carbocycles. The number of anilines is 1. The van der Waals surface area contributed by atoms with Crippen LogP contribution in [0, 0.1) is 0 Å². The first-order chi connectivity index (χ1) is 15.8. The maximum absolute atomic E-state index is 9.55. The molecule has 2 aromatic rings. The molecule has 1 saturated heterocycles. The van der Waals surface area contributed by atoms with Gasteiger partial charge in [-0.1, -0.05) is 30.3 Å². The summed E-state index contributed by atoms with van der Waals surface area (Å²) >= 11 is 0. The van der Waals surface area contributed by atoms with Gasteiger partial charge in [0.25, 0.3) is 0 Å². The zero-order valence-corrected chi connectivity index (χ0v) is 19.4. The third-order valence-corrected chi connectivity index (χ3v) is 5.17. The number of benzene rings is 1. The third-order valence-electron chi connectivity index (χ3n) is 5.17. The van der Waals surface area contributed by atoms with Crippen molar-refractivity contribution in [2.45, 2.75) is 45.4 Å². The standard InChI is InChI=1S/C21H29N3O.C4H4O4/c1-17(2)25-20-10-7-13-22-21(20)23(3)19-11-14-24(15-12-19)16-18-8-5-4-6-9-18;5-3(6)1-2-4(7)8/h4-10,13,17,19H,11-12,14-16H2,1-3H3;1-2H,(H,5,6)(H,7,8). The Morgan fingerprint density at radius 3 is 2.24 bits per heavy atom. The molecule has 8 nitrogen and oxygen atoms in total. The van der Waals surface area contributed by atoms with E-state index in [9.17, 15) is 9.59 Å². The number of likely N-dealkylation sites (tertiary alicyclic amines) is 1. The van der Waals surface area contributed by atoms with Crippen LogP contribution in [0.3, 0.4) is 0 Å². The van der Waals surface area contributed by atoms with Gasteiger partial charge in [-0.3, -0.25) is 4.90 Å². The molecule has 3 rings (SSSR count). The predicted octanol–water partition coefficient (Wildman–Crippen LogP) is 3.68. The Bertz CT molecular complexity index is 893. The van der Waals surface area contributed by atoms with E-state index >= 15 is 0 Å². The van der Waals surface area contributed by atoms with Gasteiger partial charge in [-0.2, -0.15) is 0 Å². The number of rotatable bonds is 8. The Balaban J connectivity index is 0.000000414. The van der Waals surface area contributed by atoms with Gasteiger partial charge in [0.2, 0.25) is 0 Å². The molecule has 0 atom stereocenters. The van der Waals surface area contributed by atoms with Gasteiger partial charge in [-0.25, -0.2) is 14.6 Å². The number of hydrogen-bond donors (Lipinski definition) is 2. The van der Waals surface area contributed by atoms with Crippen molar-refractivity contribution in [3.05, 3.63) is 66.4 Å². The summed E-state index contributed by atoms with van der Waals surface area (Å²) in [6.45, 7) is 7.40. The fourth-order valence-corrected chi connectivity index (χ4v) is 3.61. The first-order valence-electron chi connectivity index (χ1n) is 11.0. The summed E-state index contributed by atoms with van der Waals surface area (Å²) in [5.74, 6) is -0.677. The Labute approximate surface area is 195 Å². The Morgan fingerprint density at radius 1 is 1.09 bits per heavy atom. The number of pyridine rings is 1. The zero-order valence-electron chi connectivity index (χ0n) is 19.4. The van der Waals surface area contributed by atoms with Crippen molar-refractivity contribution in [2.75, 3.05) is 25.0 Å². The maximum atomic E-state index is 9.55. The lowest BCUT2D eigenvalue weighted by Crippen LogP contribution is -2.43. The first-order valence-corrected chi connectivity index (χ1v) is 11.0. The average molecular weight is 456 g/mol. The highest BCUT2D eigenvalue weighted by atomic mass is 16.5. The maximum Gasteiger partial charge on any atom is 0.328 e. The van der Waals surface area contributed by atoms with Crippen molar-refractivity contribution >= 4 is 17.8 Å². The number of piperidine rings is 1. The smallest absolute Gasteiger partial charge is 0.328 e. The van der Waals surface area contributed by atoms with E-state index in [0.717, 1.165) is 44.0 Å². The molecular formula is C25H33N3O5. The number of aliphatic carboxylic acids is 2. The van der Waals surface area contributed by atoms with Gasteiger partial charge in [0.1, 0.15) is 0 Å². The summed E-state index contributed by atoms with van der Waals surface area (Å²) in [6.07, 6.45) is 5.43. The lowest BCUT2D eigenvalue weighted by Gasteiger charge is -2.37. The lowest BCUT2D eigenvalue weighted by atomic mass is 10.0. The quantitative estimate of drug-likeness (QED) is 0.581. The zero-order chi connectivity index (χ0) is 24.2. The van der Waals surface area contributed by atoms with Gasteiger partial charge in [0, 0.05) is 51.1 Å². The molecular weight excluding hydrogens is 422 g/mol. The molecule has 1 aromatic carbocycles. The van der Waals surface area contributed by atoms with Crippen molar-refractivity contribution in [2.24, 2.45) is 0 Å². The number of hydrogen-bond acceptors (Lipinski definition) is 6. The van der Waals surface area contributed by atoms with Crippen molar-refractivity contribution < 1.29 is 24.5 Å². The fourth-order valence-electron chi connectivity index (χ4n) is 3.61. The normalized spacial score (nSPS) is 14.5. The second kappa shape index (κ2) is 13.2. The largest absolute Gasteiger partial charge is 0.487 e. The summed E-state index contributed by atoms with van der Waals surface area (Å²) in [5.41, 5.74) is 1.40. The highest BCUT2D eigenvalue weighted by Crippen LogP contribution is 2.29. The van der Waals surface area contributed by atoms with Crippen molar-refractivity contribution in [1.82, 2.24) is 9.88 Å². The second-order valence-electron chi connectivity index (χ2n) is 8.11. The minimum atomic E-state index is -1.26. The average Bonchev–Trinajstić information content (AvgIpc) is 2.79. The van der Waals surface area contributed by atoms with Gasteiger partial charge >= 0.3 is 11.9 Å². The van der Waals surface area contributed by atoms with Gasteiger partial charge in [0.15, 0.2) is 11.6 Å². The van der Waals surface area contributed by atoms with Crippen LogP contribution in [0.15, 0.2) is 60.8 Å². The highest BCUT2D eigenvalue weighted by molar-refractivity contribution is 5.89. The van der Waals surface area contributed by atoms with E-state index in [1.807, 2.05) is 18.3 Å². The molecule has 0 aliphatic carbocycles. The van der Waals surface area contributed by atoms with Crippen LogP contribution in [-0.2, 0) is 16.1 Å². The summed E-state index contributed by atoms with van der Waals surface area (Å²) < 4.78 is 5.94. The third kappa shape index (κ3) is 9.33. The van der Waals surface area contributed by atoms with Crippen LogP contribution in [0.4, 0.5) is 5.82 Å². The molecule has 2 N–H and O–H groups in total. The highest BCUT2D eigenvalue weighted by Gasteiger charge is 2.25. The number of carbonyl (C=O) groups is 2. The van der Waals surface area contributed by atoms with Gasteiger partial charge < -0.3 is 19.8 Å². The van der Waals surface area contributed by atoms with Gasteiger partial charge in [-0.15, -0.1) is 0 Å². The Kier molecular flexibility index (Phi) is 10.4. The van der Waals surface area contributed by atoms with Crippen molar-refractivity contribution in [1.29, 1.82) is 0 Å². The van der Waals surface area contributed by atoms with E-state index in [2.05, 4.69) is 66.0 Å². The molecule has 1 aliphatic rings. The molecule has 0 bridgehead atoms. The number of nitrogens with zero attached hydrogens (tertiary/aromatic N) is 3. The van der Waals surface area contributed by atoms with E-state index in [1.54, 1.807) is 0 Å². The van der Waals surface area contributed by atoms with Crippen LogP contribution in [0.2, 0.25) is 0 Å². The van der Waals surface area contributed by atoms with E-state index in [0.29, 0.717) is 18.2 Å². The fraction of sp³-hybridized carbons (Fsp3) is 0.400. The van der Waals surface area contributed by atoms with Crippen molar-refractivity contribution in [3.63, 3.8) is 0 Å². The molecule has 0 unspecified atom stereocenters. The lowest BCUT2D eigenvalue weighted by molar-refractivity contribution is -0.134. The van der Waals surface area contributed by atoms with Crippen LogP contribution in [0.5, 0.6) is 5.75 Å².